The van der Waals surface area contributed by atoms with Crippen LogP contribution in [0.5, 0.6) is 0 Å². The van der Waals surface area contributed by atoms with Gasteiger partial charge in [0.25, 0.3) is 0 Å². The summed E-state index contributed by atoms with van der Waals surface area (Å²) in [6, 6.07) is 5.60. The van der Waals surface area contributed by atoms with Crippen LogP contribution in [-0.4, -0.2) is 16.6 Å². The summed E-state index contributed by atoms with van der Waals surface area (Å²) >= 11 is 9.80. The van der Waals surface area contributed by atoms with E-state index in [1.54, 1.807) is 11.3 Å². The van der Waals surface area contributed by atoms with E-state index in [0.29, 0.717) is 5.75 Å². The van der Waals surface area contributed by atoms with Gasteiger partial charge in [-0.1, -0.05) is 11.8 Å². The SMILES string of the molecule is Cc1csc(SCC(=O)Nc2ccc(Br)c(Br)c2)n1. The fourth-order valence-corrected chi connectivity index (χ4v) is 3.57. The molecule has 2 aromatic rings. The summed E-state index contributed by atoms with van der Waals surface area (Å²) in [5.41, 5.74) is 1.76. The molecule has 1 aromatic carbocycles. The number of rotatable bonds is 4. The van der Waals surface area contributed by atoms with Gasteiger partial charge in [-0.2, -0.15) is 0 Å². The average molecular weight is 422 g/mol. The monoisotopic (exact) mass is 420 g/mol. The molecule has 0 radical (unpaired) electrons. The zero-order chi connectivity index (χ0) is 13.8. The van der Waals surface area contributed by atoms with E-state index in [0.717, 1.165) is 24.7 Å². The van der Waals surface area contributed by atoms with E-state index in [9.17, 15) is 4.79 Å². The number of thioether (sulfide) groups is 1. The molecule has 0 aliphatic rings. The first-order valence-corrected chi connectivity index (χ1v) is 8.79. The van der Waals surface area contributed by atoms with E-state index < -0.39 is 0 Å². The minimum Gasteiger partial charge on any atom is -0.325 e. The fraction of sp³-hybridized carbons (Fsp3) is 0.167. The number of anilines is 1. The Morgan fingerprint density at radius 1 is 1.42 bits per heavy atom. The molecule has 0 aliphatic carbocycles. The van der Waals surface area contributed by atoms with Crippen LogP contribution in [0.2, 0.25) is 0 Å². The van der Waals surface area contributed by atoms with Crippen molar-refractivity contribution >= 4 is 66.6 Å². The van der Waals surface area contributed by atoms with Gasteiger partial charge >= 0.3 is 0 Å². The molecule has 0 saturated carbocycles. The molecular formula is C12H10Br2N2OS2. The van der Waals surface area contributed by atoms with E-state index >= 15 is 0 Å². The summed E-state index contributed by atoms with van der Waals surface area (Å²) in [6.07, 6.45) is 0. The van der Waals surface area contributed by atoms with Gasteiger partial charge in [-0.25, -0.2) is 4.98 Å². The number of hydrogen-bond acceptors (Lipinski definition) is 4. The molecule has 0 unspecified atom stereocenters. The molecule has 19 heavy (non-hydrogen) atoms. The van der Waals surface area contributed by atoms with Gasteiger partial charge < -0.3 is 5.32 Å². The van der Waals surface area contributed by atoms with Crippen molar-refractivity contribution in [3.8, 4) is 0 Å². The third-order valence-corrected chi connectivity index (χ3v) is 6.15. The summed E-state index contributed by atoms with van der Waals surface area (Å²) in [7, 11) is 0. The fourth-order valence-electron chi connectivity index (χ4n) is 1.30. The van der Waals surface area contributed by atoms with Crippen molar-refractivity contribution in [3.63, 3.8) is 0 Å². The Hall–Kier alpha value is -0.370. The Labute approximate surface area is 136 Å². The first kappa shape index (κ1) is 15.0. The maximum atomic E-state index is 11.8. The average Bonchev–Trinajstić information content (AvgIpc) is 2.77. The number of hydrogen-bond donors (Lipinski definition) is 1. The van der Waals surface area contributed by atoms with E-state index in [2.05, 4.69) is 42.2 Å². The van der Waals surface area contributed by atoms with Crippen molar-refractivity contribution in [2.75, 3.05) is 11.1 Å². The van der Waals surface area contributed by atoms with Crippen molar-refractivity contribution < 1.29 is 4.79 Å². The normalized spacial score (nSPS) is 10.5. The second-order valence-electron chi connectivity index (χ2n) is 3.72. The predicted molar refractivity (Wildman–Crippen MR) is 88.0 cm³/mol. The van der Waals surface area contributed by atoms with Crippen LogP contribution < -0.4 is 5.32 Å². The Morgan fingerprint density at radius 2 is 2.21 bits per heavy atom. The number of nitrogens with zero attached hydrogens (tertiary/aromatic N) is 1. The molecule has 2 rings (SSSR count). The summed E-state index contributed by atoms with van der Waals surface area (Å²) in [5, 5.41) is 4.83. The van der Waals surface area contributed by atoms with Crippen LogP contribution in [0.15, 0.2) is 36.9 Å². The van der Waals surface area contributed by atoms with E-state index in [-0.39, 0.29) is 5.91 Å². The molecule has 0 saturated heterocycles. The zero-order valence-electron chi connectivity index (χ0n) is 9.94. The van der Waals surface area contributed by atoms with Crippen molar-refractivity contribution in [1.82, 2.24) is 4.98 Å². The minimum absolute atomic E-state index is 0.0351. The Morgan fingerprint density at radius 3 is 2.84 bits per heavy atom. The summed E-state index contributed by atoms with van der Waals surface area (Å²) in [5.74, 6) is 0.327. The van der Waals surface area contributed by atoms with Crippen molar-refractivity contribution in [3.05, 3.63) is 38.2 Å². The van der Waals surface area contributed by atoms with Crippen LogP contribution in [0.1, 0.15) is 5.69 Å². The number of halogens is 2. The van der Waals surface area contributed by atoms with Gasteiger partial charge in [0.15, 0.2) is 4.34 Å². The molecule has 1 heterocycles. The highest BCUT2D eigenvalue weighted by Crippen LogP contribution is 2.26. The van der Waals surface area contributed by atoms with Gasteiger partial charge in [0.2, 0.25) is 5.91 Å². The molecule has 0 fully saturated rings. The second kappa shape index (κ2) is 6.88. The van der Waals surface area contributed by atoms with Crippen LogP contribution in [0.4, 0.5) is 5.69 Å². The summed E-state index contributed by atoms with van der Waals surface area (Å²) in [6.45, 7) is 1.94. The summed E-state index contributed by atoms with van der Waals surface area (Å²) in [4.78, 5) is 16.1. The third kappa shape index (κ3) is 4.59. The van der Waals surface area contributed by atoms with Crippen LogP contribution in [0, 0.1) is 6.92 Å². The van der Waals surface area contributed by atoms with Crippen molar-refractivity contribution in [2.24, 2.45) is 0 Å². The molecule has 3 nitrogen and oxygen atoms in total. The lowest BCUT2D eigenvalue weighted by Crippen LogP contribution is -2.13. The van der Waals surface area contributed by atoms with Gasteiger partial charge in [0, 0.05) is 25.7 Å². The molecular weight excluding hydrogens is 412 g/mol. The molecule has 1 N–H and O–H groups in total. The number of thiazole rings is 1. The topological polar surface area (TPSA) is 42.0 Å². The minimum atomic E-state index is -0.0351. The maximum absolute atomic E-state index is 11.8. The van der Waals surface area contributed by atoms with Gasteiger partial charge in [-0.05, 0) is 57.0 Å². The quantitative estimate of drug-likeness (QED) is 0.727. The number of benzene rings is 1. The first-order chi connectivity index (χ1) is 9.04. The first-order valence-electron chi connectivity index (χ1n) is 5.34. The van der Waals surface area contributed by atoms with E-state index in [1.165, 1.54) is 11.8 Å². The highest BCUT2D eigenvalue weighted by molar-refractivity contribution is 9.13. The van der Waals surface area contributed by atoms with Gasteiger partial charge in [0.1, 0.15) is 0 Å². The zero-order valence-corrected chi connectivity index (χ0v) is 14.7. The second-order valence-corrected chi connectivity index (χ2v) is 7.51. The number of aryl methyl sites for hydroxylation is 1. The van der Waals surface area contributed by atoms with Crippen molar-refractivity contribution in [1.29, 1.82) is 0 Å². The third-order valence-electron chi connectivity index (χ3n) is 2.13. The Bertz CT molecular complexity index is 601. The smallest absolute Gasteiger partial charge is 0.234 e. The Balaban J connectivity index is 1.88. The van der Waals surface area contributed by atoms with Crippen molar-refractivity contribution in [2.45, 2.75) is 11.3 Å². The van der Waals surface area contributed by atoms with Crippen LogP contribution in [0.25, 0.3) is 0 Å². The molecule has 1 amide bonds. The molecule has 0 atom stereocenters. The highest BCUT2D eigenvalue weighted by atomic mass is 79.9. The van der Waals surface area contributed by atoms with Gasteiger partial charge in [-0.15, -0.1) is 11.3 Å². The molecule has 100 valence electrons. The van der Waals surface area contributed by atoms with E-state index in [1.807, 2.05) is 30.5 Å². The lowest BCUT2D eigenvalue weighted by Gasteiger charge is -2.05. The van der Waals surface area contributed by atoms with Crippen LogP contribution >= 0.6 is 55.0 Å². The number of aromatic nitrogens is 1. The van der Waals surface area contributed by atoms with Gasteiger partial charge in [-0.3, -0.25) is 4.79 Å². The maximum Gasteiger partial charge on any atom is 0.234 e. The number of carbonyl (C=O) groups is 1. The lowest BCUT2D eigenvalue weighted by molar-refractivity contribution is -0.113. The number of amides is 1. The Kier molecular flexibility index (Phi) is 5.44. The van der Waals surface area contributed by atoms with E-state index in [4.69, 9.17) is 0 Å². The standard InChI is InChI=1S/C12H10Br2N2OS2/c1-7-5-18-12(15-7)19-6-11(17)16-8-2-3-9(13)10(14)4-8/h2-5H,6H2,1H3,(H,16,17). The predicted octanol–water partition coefficient (Wildman–Crippen LogP) is 4.71. The summed E-state index contributed by atoms with van der Waals surface area (Å²) < 4.78 is 2.79. The number of nitrogens with one attached hydrogen (secondary N) is 1. The largest absolute Gasteiger partial charge is 0.325 e. The van der Waals surface area contributed by atoms with Gasteiger partial charge in [0.05, 0.1) is 5.75 Å². The lowest BCUT2D eigenvalue weighted by atomic mass is 10.3. The molecule has 0 spiro atoms. The molecule has 0 bridgehead atoms. The van der Waals surface area contributed by atoms with Crippen LogP contribution in [0.3, 0.4) is 0 Å². The molecule has 1 aromatic heterocycles. The number of carbonyl (C=O) groups excluding carboxylic acids is 1. The molecule has 7 heteroatoms. The molecule has 0 aliphatic heterocycles. The van der Waals surface area contributed by atoms with Crippen LogP contribution in [-0.2, 0) is 4.79 Å². The highest BCUT2D eigenvalue weighted by Gasteiger charge is 2.07.